The summed E-state index contributed by atoms with van der Waals surface area (Å²) in [5.74, 6) is 5.58. The van der Waals surface area contributed by atoms with Gasteiger partial charge in [-0.1, -0.05) is 28.1 Å². The van der Waals surface area contributed by atoms with Crippen LogP contribution in [0.3, 0.4) is 0 Å². The molecule has 1 aromatic heterocycles. The number of aromatic nitrogens is 1. The van der Waals surface area contributed by atoms with Gasteiger partial charge in [-0.2, -0.15) is 0 Å². The number of hydrazine groups is 1. The van der Waals surface area contributed by atoms with Crippen LogP contribution in [-0.4, -0.2) is 4.98 Å². The largest absolute Gasteiger partial charge is 0.271 e. The van der Waals surface area contributed by atoms with Crippen molar-refractivity contribution in [3.63, 3.8) is 0 Å². The molecule has 2 rings (SSSR count). The maximum Gasteiger partial charge on any atom is 0.0794 e. The van der Waals surface area contributed by atoms with Gasteiger partial charge in [-0.25, -0.2) is 0 Å². The minimum absolute atomic E-state index is 0.133. The van der Waals surface area contributed by atoms with Crippen molar-refractivity contribution in [1.29, 1.82) is 0 Å². The summed E-state index contributed by atoms with van der Waals surface area (Å²) in [6, 6.07) is 8.30. The van der Waals surface area contributed by atoms with E-state index in [1.807, 2.05) is 23.8 Å². The standard InChI is InChI=1S/C11H12BrN3S/c12-9-3-1-8(2-4-9)11(15-13)5-10-6-14-7-16-10/h1-4,6-7,11,15H,5,13H2. The molecule has 16 heavy (non-hydrogen) atoms. The van der Waals surface area contributed by atoms with Crippen LogP contribution in [0.1, 0.15) is 16.5 Å². The Balaban J connectivity index is 2.13. The molecular weight excluding hydrogens is 286 g/mol. The minimum Gasteiger partial charge on any atom is -0.271 e. The highest BCUT2D eigenvalue weighted by molar-refractivity contribution is 9.10. The predicted molar refractivity (Wildman–Crippen MR) is 70.0 cm³/mol. The molecule has 0 saturated carbocycles. The van der Waals surface area contributed by atoms with Crippen LogP contribution >= 0.6 is 27.3 Å². The lowest BCUT2D eigenvalue weighted by molar-refractivity contribution is 0.555. The summed E-state index contributed by atoms with van der Waals surface area (Å²) in [6.45, 7) is 0. The van der Waals surface area contributed by atoms with Crippen LogP contribution in [0.2, 0.25) is 0 Å². The summed E-state index contributed by atoms with van der Waals surface area (Å²) in [5, 5.41) is 0. The van der Waals surface area contributed by atoms with Crippen LogP contribution < -0.4 is 11.3 Å². The Morgan fingerprint density at radius 2 is 2.12 bits per heavy atom. The van der Waals surface area contributed by atoms with Gasteiger partial charge in [0.2, 0.25) is 0 Å². The number of benzene rings is 1. The van der Waals surface area contributed by atoms with E-state index >= 15 is 0 Å². The third kappa shape index (κ3) is 2.89. The molecule has 0 aliphatic rings. The molecule has 1 atom stereocenters. The van der Waals surface area contributed by atoms with E-state index in [2.05, 4.69) is 38.5 Å². The maximum atomic E-state index is 5.58. The quantitative estimate of drug-likeness (QED) is 0.674. The Kier molecular flexibility index (Phi) is 4.06. The lowest BCUT2D eigenvalue weighted by Crippen LogP contribution is -2.29. The van der Waals surface area contributed by atoms with Crippen LogP contribution in [0, 0.1) is 0 Å². The van der Waals surface area contributed by atoms with Gasteiger partial charge >= 0.3 is 0 Å². The molecule has 0 saturated heterocycles. The molecule has 0 radical (unpaired) electrons. The molecule has 1 aromatic carbocycles. The number of nitrogens with two attached hydrogens (primary N) is 1. The zero-order chi connectivity index (χ0) is 11.4. The first-order chi connectivity index (χ1) is 7.79. The van der Waals surface area contributed by atoms with Crippen molar-refractivity contribution in [2.75, 3.05) is 0 Å². The summed E-state index contributed by atoms with van der Waals surface area (Å²) in [7, 11) is 0. The molecule has 2 aromatic rings. The number of nitrogens with zero attached hydrogens (tertiary/aromatic N) is 1. The first-order valence-corrected chi connectivity index (χ1v) is 6.56. The van der Waals surface area contributed by atoms with Crippen molar-refractivity contribution in [2.24, 2.45) is 5.84 Å². The van der Waals surface area contributed by atoms with E-state index in [0.29, 0.717) is 0 Å². The Bertz CT molecular complexity index is 427. The first kappa shape index (κ1) is 11.7. The third-order valence-electron chi connectivity index (χ3n) is 2.36. The Labute approximate surface area is 107 Å². The fraction of sp³-hybridized carbons (Fsp3) is 0.182. The van der Waals surface area contributed by atoms with Crippen molar-refractivity contribution < 1.29 is 0 Å². The molecule has 84 valence electrons. The van der Waals surface area contributed by atoms with Crippen LogP contribution in [0.15, 0.2) is 40.4 Å². The van der Waals surface area contributed by atoms with E-state index in [1.54, 1.807) is 11.3 Å². The first-order valence-electron chi connectivity index (χ1n) is 4.88. The van der Waals surface area contributed by atoms with Crippen LogP contribution in [-0.2, 0) is 6.42 Å². The molecule has 0 spiro atoms. The van der Waals surface area contributed by atoms with Gasteiger partial charge in [-0.05, 0) is 17.7 Å². The molecule has 0 aliphatic heterocycles. The average Bonchev–Trinajstić information content (AvgIpc) is 2.80. The minimum atomic E-state index is 0.133. The van der Waals surface area contributed by atoms with Gasteiger partial charge in [0, 0.05) is 22.0 Å². The average molecular weight is 298 g/mol. The molecule has 3 nitrogen and oxygen atoms in total. The molecule has 0 bridgehead atoms. The van der Waals surface area contributed by atoms with Gasteiger partial charge in [0.15, 0.2) is 0 Å². The normalized spacial score (nSPS) is 12.6. The monoisotopic (exact) mass is 297 g/mol. The number of nitrogens with one attached hydrogen (secondary N) is 1. The summed E-state index contributed by atoms with van der Waals surface area (Å²) in [6.07, 6.45) is 2.75. The van der Waals surface area contributed by atoms with E-state index in [0.717, 1.165) is 10.9 Å². The van der Waals surface area contributed by atoms with Crippen LogP contribution in [0.5, 0.6) is 0 Å². The van der Waals surface area contributed by atoms with E-state index in [9.17, 15) is 0 Å². The maximum absolute atomic E-state index is 5.58. The van der Waals surface area contributed by atoms with Gasteiger partial charge in [0.1, 0.15) is 0 Å². The second kappa shape index (κ2) is 5.54. The lowest BCUT2D eigenvalue weighted by atomic mass is 10.0. The number of thiazole rings is 1. The van der Waals surface area contributed by atoms with Crippen molar-refractivity contribution in [3.05, 3.63) is 50.9 Å². The third-order valence-corrected chi connectivity index (χ3v) is 3.69. The molecule has 1 unspecified atom stereocenters. The van der Waals surface area contributed by atoms with Crippen molar-refractivity contribution in [2.45, 2.75) is 12.5 Å². The Morgan fingerprint density at radius 1 is 1.38 bits per heavy atom. The van der Waals surface area contributed by atoms with E-state index in [4.69, 9.17) is 5.84 Å². The van der Waals surface area contributed by atoms with Gasteiger partial charge in [-0.3, -0.25) is 16.3 Å². The fourth-order valence-electron chi connectivity index (χ4n) is 1.51. The van der Waals surface area contributed by atoms with Crippen molar-refractivity contribution in [1.82, 2.24) is 10.4 Å². The number of hydrogen-bond acceptors (Lipinski definition) is 4. The van der Waals surface area contributed by atoms with Crippen LogP contribution in [0.25, 0.3) is 0 Å². The van der Waals surface area contributed by atoms with Gasteiger partial charge < -0.3 is 0 Å². The van der Waals surface area contributed by atoms with E-state index in [-0.39, 0.29) is 6.04 Å². The summed E-state index contributed by atoms with van der Waals surface area (Å²) in [5.41, 5.74) is 5.86. The van der Waals surface area contributed by atoms with Gasteiger partial charge in [0.05, 0.1) is 11.6 Å². The second-order valence-electron chi connectivity index (χ2n) is 3.44. The van der Waals surface area contributed by atoms with Crippen LogP contribution in [0.4, 0.5) is 0 Å². The highest BCUT2D eigenvalue weighted by Gasteiger charge is 2.11. The highest BCUT2D eigenvalue weighted by atomic mass is 79.9. The molecule has 3 N–H and O–H groups in total. The number of halogens is 1. The summed E-state index contributed by atoms with van der Waals surface area (Å²) in [4.78, 5) is 5.29. The van der Waals surface area contributed by atoms with Gasteiger partial charge in [-0.15, -0.1) is 11.3 Å². The topological polar surface area (TPSA) is 50.9 Å². The fourth-order valence-corrected chi connectivity index (χ4v) is 2.42. The molecule has 0 fully saturated rings. The zero-order valence-electron chi connectivity index (χ0n) is 8.56. The molecule has 1 heterocycles. The number of rotatable bonds is 4. The second-order valence-corrected chi connectivity index (χ2v) is 5.33. The summed E-state index contributed by atoms with van der Waals surface area (Å²) >= 11 is 5.07. The molecule has 0 amide bonds. The highest BCUT2D eigenvalue weighted by Crippen LogP contribution is 2.21. The van der Waals surface area contributed by atoms with Gasteiger partial charge in [0.25, 0.3) is 0 Å². The van der Waals surface area contributed by atoms with E-state index in [1.165, 1.54) is 10.4 Å². The number of hydrogen-bond donors (Lipinski definition) is 2. The van der Waals surface area contributed by atoms with E-state index < -0.39 is 0 Å². The predicted octanol–water partition coefficient (Wildman–Crippen LogP) is 2.65. The lowest BCUT2D eigenvalue weighted by Gasteiger charge is -2.15. The SMILES string of the molecule is NNC(Cc1cncs1)c1ccc(Br)cc1. The molecule has 5 heteroatoms. The zero-order valence-corrected chi connectivity index (χ0v) is 11.0. The van der Waals surface area contributed by atoms with Crippen molar-refractivity contribution in [3.8, 4) is 0 Å². The molecule has 0 aliphatic carbocycles. The smallest absolute Gasteiger partial charge is 0.0794 e. The Morgan fingerprint density at radius 3 is 2.69 bits per heavy atom. The summed E-state index contributed by atoms with van der Waals surface area (Å²) < 4.78 is 1.07. The Hall–Kier alpha value is -0.750. The van der Waals surface area contributed by atoms with Crippen molar-refractivity contribution >= 4 is 27.3 Å². The molecular formula is C11H12BrN3S.